The highest BCUT2D eigenvalue weighted by molar-refractivity contribution is 5.47. The molecular formula is C12H17NO3. The molecule has 0 aromatic heterocycles. The molecule has 16 heavy (non-hydrogen) atoms. The van der Waals surface area contributed by atoms with E-state index in [2.05, 4.69) is 5.32 Å². The Hall–Kier alpha value is -1.26. The molecule has 1 fully saturated rings. The van der Waals surface area contributed by atoms with Crippen LogP contribution in [0.5, 0.6) is 11.5 Å². The van der Waals surface area contributed by atoms with Crippen LogP contribution in [0.25, 0.3) is 0 Å². The Morgan fingerprint density at radius 3 is 3.12 bits per heavy atom. The number of hydrogen-bond acceptors (Lipinski definition) is 4. The molecule has 88 valence electrons. The smallest absolute Gasteiger partial charge is 0.162 e. The van der Waals surface area contributed by atoms with Crippen molar-refractivity contribution in [2.45, 2.75) is 13.0 Å². The number of ether oxygens (including phenoxy) is 2. The number of benzene rings is 1. The van der Waals surface area contributed by atoms with Gasteiger partial charge in [0.15, 0.2) is 11.5 Å². The van der Waals surface area contributed by atoms with Crippen molar-refractivity contribution in [1.29, 1.82) is 0 Å². The van der Waals surface area contributed by atoms with Crippen molar-refractivity contribution in [2.75, 3.05) is 26.4 Å². The predicted octanol–water partition coefficient (Wildman–Crippen LogP) is 1.45. The highest BCUT2D eigenvalue weighted by Gasteiger charge is 2.20. The molecule has 2 rings (SSSR count). The van der Waals surface area contributed by atoms with Crippen molar-refractivity contribution in [1.82, 2.24) is 5.32 Å². The maximum Gasteiger partial charge on any atom is 0.162 e. The lowest BCUT2D eigenvalue weighted by molar-refractivity contribution is 0.0759. The van der Waals surface area contributed by atoms with E-state index in [1.54, 1.807) is 6.07 Å². The fourth-order valence-corrected chi connectivity index (χ4v) is 1.86. The third kappa shape index (κ3) is 2.28. The molecule has 1 heterocycles. The molecule has 4 heteroatoms. The van der Waals surface area contributed by atoms with Gasteiger partial charge >= 0.3 is 0 Å². The molecule has 1 aromatic carbocycles. The van der Waals surface area contributed by atoms with Gasteiger partial charge in [-0.25, -0.2) is 0 Å². The fourth-order valence-electron chi connectivity index (χ4n) is 1.86. The second-order valence-corrected chi connectivity index (χ2v) is 3.71. The third-order valence-electron chi connectivity index (χ3n) is 2.63. The first-order valence-corrected chi connectivity index (χ1v) is 5.58. The van der Waals surface area contributed by atoms with E-state index >= 15 is 0 Å². The predicted molar refractivity (Wildman–Crippen MR) is 60.8 cm³/mol. The lowest BCUT2D eigenvalue weighted by atomic mass is 10.1. The van der Waals surface area contributed by atoms with Gasteiger partial charge in [0.1, 0.15) is 0 Å². The summed E-state index contributed by atoms with van der Waals surface area (Å²) in [6.07, 6.45) is 0. The molecular weight excluding hydrogens is 206 g/mol. The topological polar surface area (TPSA) is 50.7 Å². The zero-order valence-electron chi connectivity index (χ0n) is 9.40. The molecule has 0 bridgehead atoms. The van der Waals surface area contributed by atoms with Crippen molar-refractivity contribution < 1.29 is 14.6 Å². The minimum absolute atomic E-state index is 0.0501. The van der Waals surface area contributed by atoms with Crippen molar-refractivity contribution in [3.05, 3.63) is 23.8 Å². The quantitative estimate of drug-likeness (QED) is 0.814. The number of hydrogen-bond donors (Lipinski definition) is 2. The minimum Gasteiger partial charge on any atom is -0.504 e. The summed E-state index contributed by atoms with van der Waals surface area (Å²) in [6.45, 7) is 4.56. The highest BCUT2D eigenvalue weighted by Crippen LogP contribution is 2.34. The van der Waals surface area contributed by atoms with E-state index in [1.165, 1.54) is 0 Å². The normalized spacial score (nSPS) is 20.7. The Balaban J connectivity index is 2.22. The van der Waals surface area contributed by atoms with Crippen molar-refractivity contribution >= 4 is 0 Å². The second-order valence-electron chi connectivity index (χ2n) is 3.71. The van der Waals surface area contributed by atoms with E-state index in [4.69, 9.17) is 9.47 Å². The number of para-hydroxylation sites is 1. The first-order chi connectivity index (χ1) is 7.83. The number of morpholine rings is 1. The molecule has 1 aliphatic rings. The summed E-state index contributed by atoms with van der Waals surface area (Å²) in [6, 6.07) is 5.60. The van der Waals surface area contributed by atoms with Gasteiger partial charge in [-0.3, -0.25) is 0 Å². The fraction of sp³-hybridized carbons (Fsp3) is 0.500. The van der Waals surface area contributed by atoms with Crippen molar-refractivity contribution in [3.63, 3.8) is 0 Å². The Kier molecular flexibility index (Phi) is 3.64. The van der Waals surface area contributed by atoms with Crippen LogP contribution >= 0.6 is 0 Å². The number of nitrogens with one attached hydrogen (secondary N) is 1. The van der Waals surface area contributed by atoms with Crippen molar-refractivity contribution in [2.24, 2.45) is 0 Å². The zero-order chi connectivity index (χ0) is 11.4. The molecule has 1 saturated heterocycles. The molecule has 0 spiro atoms. The van der Waals surface area contributed by atoms with E-state index in [0.29, 0.717) is 19.0 Å². The SMILES string of the molecule is CCOc1cccc(C2COCCN2)c1O. The summed E-state index contributed by atoms with van der Waals surface area (Å²) in [4.78, 5) is 0. The highest BCUT2D eigenvalue weighted by atomic mass is 16.5. The number of rotatable bonds is 3. The Morgan fingerprint density at radius 2 is 2.44 bits per heavy atom. The van der Waals surface area contributed by atoms with E-state index < -0.39 is 0 Å². The van der Waals surface area contributed by atoms with Crippen LogP contribution in [0.2, 0.25) is 0 Å². The molecule has 0 saturated carbocycles. The summed E-state index contributed by atoms with van der Waals surface area (Å²) in [5.41, 5.74) is 0.839. The average Bonchev–Trinajstić information content (AvgIpc) is 2.33. The lowest BCUT2D eigenvalue weighted by Crippen LogP contribution is -2.34. The average molecular weight is 223 g/mol. The number of phenols is 1. The molecule has 1 unspecified atom stereocenters. The van der Waals surface area contributed by atoms with Crippen LogP contribution in [0.1, 0.15) is 18.5 Å². The van der Waals surface area contributed by atoms with Gasteiger partial charge in [-0.05, 0) is 13.0 Å². The van der Waals surface area contributed by atoms with Crippen LogP contribution in [0.15, 0.2) is 18.2 Å². The van der Waals surface area contributed by atoms with Gasteiger partial charge < -0.3 is 19.9 Å². The first-order valence-electron chi connectivity index (χ1n) is 5.58. The third-order valence-corrected chi connectivity index (χ3v) is 2.63. The maximum atomic E-state index is 10.1. The molecule has 1 aromatic rings. The number of aromatic hydroxyl groups is 1. The lowest BCUT2D eigenvalue weighted by Gasteiger charge is -2.25. The molecule has 0 amide bonds. The standard InChI is InChI=1S/C12H17NO3/c1-2-16-11-5-3-4-9(12(11)14)10-8-15-7-6-13-10/h3-5,10,13-14H,2,6-8H2,1H3. The van der Waals surface area contributed by atoms with Gasteiger partial charge in [0.05, 0.1) is 25.9 Å². The van der Waals surface area contributed by atoms with Gasteiger partial charge in [0.25, 0.3) is 0 Å². The summed E-state index contributed by atoms with van der Waals surface area (Å²) >= 11 is 0. The summed E-state index contributed by atoms with van der Waals surface area (Å²) in [7, 11) is 0. The summed E-state index contributed by atoms with van der Waals surface area (Å²) in [5.74, 6) is 0.750. The van der Waals surface area contributed by atoms with Crippen LogP contribution in [-0.4, -0.2) is 31.5 Å². The minimum atomic E-state index is 0.0501. The van der Waals surface area contributed by atoms with Crippen LogP contribution in [0, 0.1) is 0 Å². The van der Waals surface area contributed by atoms with Gasteiger partial charge in [-0.2, -0.15) is 0 Å². The van der Waals surface area contributed by atoms with Gasteiger partial charge in [-0.1, -0.05) is 12.1 Å². The first kappa shape index (κ1) is 11.2. The van der Waals surface area contributed by atoms with E-state index in [-0.39, 0.29) is 11.8 Å². The Labute approximate surface area is 95.2 Å². The van der Waals surface area contributed by atoms with Crippen molar-refractivity contribution in [3.8, 4) is 11.5 Å². The van der Waals surface area contributed by atoms with E-state index in [1.807, 2.05) is 19.1 Å². The zero-order valence-corrected chi connectivity index (χ0v) is 9.40. The molecule has 2 N–H and O–H groups in total. The monoisotopic (exact) mass is 223 g/mol. The van der Waals surface area contributed by atoms with E-state index in [9.17, 15) is 5.11 Å². The Bertz CT molecular complexity index is 348. The largest absolute Gasteiger partial charge is 0.504 e. The molecule has 0 aliphatic carbocycles. The summed E-state index contributed by atoms with van der Waals surface area (Å²) in [5, 5.41) is 13.4. The van der Waals surface area contributed by atoms with Gasteiger partial charge in [0, 0.05) is 12.1 Å². The molecule has 1 atom stereocenters. The van der Waals surface area contributed by atoms with Gasteiger partial charge in [-0.15, -0.1) is 0 Å². The molecule has 0 radical (unpaired) electrons. The van der Waals surface area contributed by atoms with Gasteiger partial charge in [0.2, 0.25) is 0 Å². The molecule has 4 nitrogen and oxygen atoms in total. The Morgan fingerprint density at radius 1 is 1.56 bits per heavy atom. The van der Waals surface area contributed by atoms with Crippen LogP contribution < -0.4 is 10.1 Å². The van der Waals surface area contributed by atoms with Crippen LogP contribution in [-0.2, 0) is 4.74 Å². The number of phenolic OH excluding ortho intramolecular Hbond substituents is 1. The second kappa shape index (κ2) is 5.18. The van der Waals surface area contributed by atoms with E-state index in [0.717, 1.165) is 18.7 Å². The maximum absolute atomic E-state index is 10.1. The molecule has 1 aliphatic heterocycles. The van der Waals surface area contributed by atoms with Crippen LogP contribution in [0.3, 0.4) is 0 Å². The van der Waals surface area contributed by atoms with Crippen LogP contribution in [0.4, 0.5) is 0 Å². The summed E-state index contributed by atoms with van der Waals surface area (Å²) < 4.78 is 10.7.